The molecule has 0 aromatic heterocycles. The summed E-state index contributed by atoms with van der Waals surface area (Å²) in [4.78, 5) is 12.6. The second kappa shape index (κ2) is 8.42. The van der Waals surface area contributed by atoms with Gasteiger partial charge in [-0.05, 0) is 35.0 Å². The van der Waals surface area contributed by atoms with Gasteiger partial charge in [-0.1, -0.05) is 24.3 Å². The van der Waals surface area contributed by atoms with Crippen molar-refractivity contribution < 1.29 is 24.1 Å². The van der Waals surface area contributed by atoms with E-state index < -0.39 is 5.91 Å². The number of rotatable bonds is 7. The third-order valence-corrected chi connectivity index (χ3v) is 4.08. The van der Waals surface area contributed by atoms with E-state index in [4.69, 9.17) is 14.2 Å². The lowest BCUT2D eigenvalue weighted by Crippen LogP contribution is -2.12. The summed E-state index contributed by atoms with van der Waals surface area (Å²) in [5, 5.41) is 14.7. The van der Waals surface area contributed by atoms with E-state index in [2.05, 4.69) is 5.32 Å². The zero-order valence-electron chi connectivity index (χ0n) is 15.2. The Bertz CT molecular complexity index is 954. The Morgan fingerprint density at radius 3 is 2.41 bits per heavy atom. The summed E-state index contributed by atoms with van der Waals surface area (Å²) < 4.78 is 15.9. The number of ether oxygens (including phenoxy) is 3. The minimum atomic E-state index is -0.411. The number of carbonyl (C=O) groups is 1. The Labute approximate surface area is 157 Å². The molecule has 6 nitrogen and oxygen atoms in total. The van der Waals surface area contributed by atoms with E-state index in [0.29, 0.717) is 30.4 Å². The highest BCUT2D eigenvalue weighted by atomic mass is 16.5. The molecule has 0 bridgehead atoms. The van der Waals surface area contributed by atoms with Crippen LogP contribution >= 0.6 is 0 Å². The van der Waals surface area contributed by atoms with Gasteiger partial charge < -0.3 is 24.6 Å². The van der Waals surface area contributed by atoms with Crippen LogP contribution in [0.1, 0.15) is 10.4 Å². The van der Waals surface area contributed by atoms with Gasteiger partial charge in [-0.25, -0.2) is 0 Å². The molecule has 0 spiro atoms. The van der Waals surface area contributed by atoms with Crippen LogP contribution in [-0.4, -0.2) is 38.4 Å². The second-order valence-electron chi connectivity index (χ2n) is 5.88. The van der Waals surface area contributed by atoms with Gasteiger partial charge in [-0.3, -0.25) is 4.79 Å². The lowest BCUT2D eigenvalue weighted by Gasteiger charge is -2.13. The molecular weight excluding hydrogens is 346 g/mol. The molecule has 0 aliphatic heterocycles. The number of phenols is 1. The zero-order valence-corrected chi connectivity index (χ0v) is 15.2. The second-order valence-corrected chi connectivity index (χ2v) is 5.88. The van der Waals surface area contributed by atoms with Crippen LogP contribution in [0.25, 0.3) is 10.8 Å². The standard InChI is InChI=1S/C21H21NO5/c1-25-9-10-27-20-13-16(7-8-19(20)26-2)22-21(24)17-11-14-5-3-4-6-15(14)12-18(17)23/h3-8,11-13,23H,9-10H2,1-2H3,(H,22,24). The molecule has 2 N–H and O–H groups in total. The minimum Gasteiger partial charge on any atom is -0.507 e. The average Bonchev–Trinajstić information content (AvgIpc) is 2.68. The third-order valence-electron chi connectivity index (χ3n) is 4.08. The number of nitrogens with one attached hydrogen (secondary N) is 1. The molecule has 0 atom stereocenters. The fourth-order valence-corrected chi connectivity index (χ4v) is 2.71. The van der Waals surface area contributed by atoms with Gasteiger partial charge in [0.2, 0.25) is 0 Å². The van der Waals surface area contributed by atoms with Crippen LogP contribution in [0.2, 0.25) is 0 Å². The van der Waals surface area contributed by atoms with Crippen molar-refractivity contribution in [2.75, 3.05) is 32.8 Å². The summed E-state index contributed by atoms with van der Waals surface area (Å²) in [5.74, 6) is 0.565. The number of methoxy groups -OCH3 is 2. The SMILES string of the molecule is COCCOc1cc(NC(=O)c2cc3ccccc3cc2O)ccc1OC. The third kappa shape index (κ3) is 4.30. The van der Waals surface area contributed by atoms with Gasteiger partial charge in [0.1, 0.15) is 12.4 Å². The van der Waals surface area contributed by atoms with E-state index in [-0.39, 0.29) is 11.3 Å². The number of hydrogen-bond acceptors (Lipinski definition) is 5. The first-order valence-corrected chi connectivity index (χ1v) is 8.45. The number of benzene rings is 3. The van der Waals surface area contributed by atoms with E-state index in [0.717, 1.165) is 10.8 Å². The summed E-state index contributed by atoms with van der Waals surface area (Å²) in [5.41, 5.74) is 0.729. The van der Waals surface area contributed by atoms with Crippen LogP contribution in [0, 0.1) is 0 Å². The molecule has 0 saturated carbocycles. The topological polar surface area (TPSA) is 77.0 Å². The molecule has 1 amide bonds. The summed E-state index contributed by atoms with van der Waals surface area (Å²) in [6, 6.07) is 15.9. The number of amides is 1. The summed E-state index contributed by atoms with van der Waals surface area (Å²) in [6.45, 7) is 0.792. The quantitative estimate of drug-likeness (QED) is 0.621. The number of fused-ring (bicyclic) bond motifs is 1. The first-order chi connectivity index (χ1) is 13.1. The molecule has 0 radical (unpaired) electrons. The maximum absolute atomic E-state index is 12.6. The highest BCUT2D eigenvalue weighted by Gasteiger charge is 2.14. The van der Waals surface area contributed by atoms with Gasteiger partial charge in [0.15, 0.2) is 11.5 Å². The zero-order chi connectivity index (χ0) is 19.2. The van der Waals surface area contributed by atoms with Crippen molar-refractivity contribution >= 4 is 22.4 Å². The van der Waals surface area contributed by atoms with Crippen LogP contribution in [0.4, 0.5) is 5.69 Å². The van der Waals surface area contributed by atoms with Crippen molar-refractivity contribution in [3.8, 4) is 17.2 Å². The fraction of sp³-hybridized carbons (Fsp3) is 0.190. The Kier molecular flexibility index (Phi) is 5.78. The summed E-state index contributed by atoms with van der Waals surface area (Å²) >= 11 is 0. The predicted octanol–water partition coefficient (Wildman–Crippen LogP) is 3.83. The molecule has 27 heavy (non-hydrogen) atoms. The van der Waals surface area contributed by atoms with Gasteiger partial charge in [0, 0.05) is 18.9 Å². The number of aromatic hydroxyl groups is 1. The van der Waals surface area contributed by atoms with Crippen molar-refractivity contribution in [2.45, 2.75) is 0 Å². The highest BCUT2D eigenvalue weighted by molar-refractivity contribution is 6.08. The Morgan fingerprint density at radius 1 is 0.963 bits per heavy atom. The Balaban J connectivity index is 1.83. The van der Waals surface area contributed by atoms with Gasteiger partial charge in [-0.15, -0.1) is 0 Å². The van der Waals surface area contributed by atoms with E-state index >= 15 is 0 Å². The van der Waals surface area contributed by atoms with E-state index in [1.807, 2.05) is 24.3 Å². The van der Waals surface area contributed by atoms with Crippen molar-refractivity contribution in [1.82, 2.24) is 0 Å². The molecule has 140 valence electrons. The van der Waals surface area contributed by atoms with Crippen LogP contribution in [0.5, 0.6) is 17.2 Å². The lowest BCUT2D eigenvalue weighted by atomic mass is 10.1. The van der Waals surface area contributed by atoms with Crippen molar-refractivity contribution in [3.63, 3.8) is 0 Å². The first-order valence-electron chi connectivity index (χ1n) is 8.45. The molecule has 6 heteroatoms. The number of phenolic OH excluding ortho intramolecular Hbond substituents is 1. The van der Waals surface area contributed by atoms with Gasteiger partial charge in [0.25, 0.3) is 5.91 Å². The molecule has 0 aliphatic carbocycles. The maximum Gasteiger partial charge on any atom is 0.259 e. The van der Waals surface area contributed by atoms with Crippen LogP contribution in [0.3, 0.4) is 0 Å². The largest absolute Gasteiger partial charge is 0.507 e. The van der Waals surface area contributed by atoms with E-state index in [1.165, 1.54) is 0 Å². The molecule has 0 saturated heterocycles. The summed E-state index contributed by atoms with van der Waals surface area (Å²) in [6.07, 6.45) is 0. The number of anilines is 1. The molecular formula is C21H21NO5. The molecule has 0 heterocycles. The average molecular weight is 367 g/mol. The van der Waals surface area contributed by atoms with Gasteiger partial charge >= 0.3 is 0 Å². The van der Waals surface area contributed by atoms with Gasteiger partial charge in [-0.2, -0.15) is 0 Å². The van der Waals surface area contributed by atoms with Crippen molar-refractivity contribution in [1.29, 1.82) is 0 Å². The predicted molar refractivity (Wildman–Crippen MR) is 104 cm³/mol. The summed E-state index contributed by atoms with van der Waals surface area (Å²) in [7, 11) is 3.14. The van der Waals surface area contributed by atoms with Crippen LogP contribution in [-0.2, 0) is 4.74 Å². The molecule has 0 fully saturated rings. The smallest absolute Gasteiger partial charge is 0.259 e. The number of carbonyl (C=O) groups excluding carboxylic acids is 1. The maximum atomic E-state index is 12.6. The van der Waals surface area contributed by atoms with Crippen molar-refractivity contribution in [2.24, 2.45) is 0 Å². The monoisotopic (exact) mass is 367 g/mol. The Hall–Kier alpha value is -3.25. The molecule has 3 aromatic rings. The first kappa shape index (κ1) is 18.5. The minimum absolute atomic E-state index is 0.0729. The number of hydrogen-bond donors (Lipinski definition) is 2. The van der Waals surface area contributed by atoms with Crippen LogP contribution in [0.15, 0.2) is 54.6 Å². The molecule has 3 aromatic carbocycles. The van der Waals surface area contributed by atoms with Gasteiger partial charge in [0.05, 0.1) is 19.3 Å². The van der Waals surface area contributed by atoms with E-state index in [1.54, 1.807) is 44.6 Å². The molecule has 0 unspecified atom stereocenters. The molecule has 3 rings (SSSR count). The lowest BCUT2D eigenvalue weighted by molar-refractivity contribution is 0.102. The normalized spacial score (nSPS) is 10.6. The Morgan fingerprint density at radius 2 is 1.70 bits per heavy atom. The fourth-order valence-electron chi connectivity index (χ4n) is 2.71. The van der Waals surface area contributed by atoms with Crippen LogP contribution < -0.4 is 14.8 Å². The van der Waals surface area contributed by atoms with E-state index in [9.17, 15) is 9.90 Å². The molecule has 0 aliphatic rings. The van der Waals surface area contributed by atoms with Crippen molar-refractivity contribution in [3.05, 3.63) is 60.2 Å². The highest BCUT2D eigenvalue weighted by Crippen LogP contribution is 2.31.